The van der Waals surface area contributed by atoms with Gasteiger partial charge in [0.05, 0.1) is 11.4 Å². The van der Waals surface area contributed by atoms with Crippen LogP contribution in [-0.2, 0) is 16.0 Å². The summed E-state index contributed by atoms with van der Waals surface area (Å²) >= 11 is 1.29. The molecule has 7 heteroatoms. The van der Waals surface area contributed by atoms with Crippen LogP contribution in [-0.4, -0.2) is 27.6 Å². The van der Waals surface area contributed by atoms with Crippen molar-refractivity contribution < 1.29 is 19.5 Å². The number of carbonyl (C=O) groups excluding carboxylic acids is 2. The number of benzene rings is 1. The van der Waals surface area contributed by atoms with Crippen molar-refractivity contribution in [2.24, 2.45) is 0 Å². The Morgan fingerprint density at radius 3 is 2.48 bits per heavy atom. The van der Waals surface area contributed by atoms with Crippen LogP contribution in [0.1, 0.15) is 27.5 Å². The predicted octanol–water partition coefficient (Wildman–Crippen LogP) is 1.54. The van der Waals surface area contributed by atoms with Gasteiger partial charge in [-0.1, -0.05) is 12.1 Å². The van der Waals surface area contributed by atoms with E-state index < -0.39 is 24.0 Å². The van der Waals surface area contributed by atoms with E-state index in [1.54, 1.807) is 12.1 Å². The molecule has 6 nitrogen and oxygen atoms in total. The maximum Gasteiger partial charge on any atom is 0.372 e. The van der Waals surface area contributed by atoms with Crippen LogP contribution in [0, 0.1) is 0 Å². The van der Waals surface area contributed by atoms with Crippen molar-refractivity contribution in [1.29, 1.82) is 0 Å². The first-order valence-electron chi connectivity index (χ1n) is 6.04. The third-order valence-corrected chi connectivity index (χ3v) is 3.58. The number of thiazole rings is 1. The molecule has 0 amide bonds. The van der Waals surface area contributed by atoms with Crippen LogP contribution in [0.4, 0.5) is 5.69 Å². The second kappa shape index (κ2) is 6.27. The minimum Gasteiger partial charge on any atom is -0.475 e. The molecular formula is C14H12N2O4S. The molecule has 0 spiro atoms. The molecule has 1 aromatic heterocycles. The fraction of sp³-hybridized carbons (Fsp3) is 0.143. The van der Waals surface area contributed by atoms with E-state index in [0.29, 0.717) is 17.1 Å². The number of nitrogen functional groups attached to an aromatic ring is 1. The Morgan fingerprint density at radius 2 is 1.86 bits per heavy atom. The van der Waals surface area contributed by atoms with Crippen molar-refractivity contribution in [1.82, 2.24) is 4.98 Å². The summed E-state index contributed by atoms with van der Waals surface area (Å²) in [5.41, 5.74) is 7.39. The molecule has 3 N–H and O–H groups in total. The van der Waals surface area contributed by atoms with Gasteiger partial charge in [0.2, 0.25) is 5.78 Å². The van der Waals surface area contributed by atoms with Crippen LogP contribution in [0.2, 0.25) is 0 Å². The minimum atomic E-state index is -1.61. The molecule has 0 unspecified atom stereocenters. The quantitative estimate of drug-likeness (QED) is 0.362. The van der Waals surface area contributed by atoms with Gasteiger partial charge >= 0.3 is 5.97 Å². The highest BCUT2D eigenvalue weighted by Crippen LogP contribution is 2.17. The molecule has 0 aliphatic heterocycles. The topological polar surface area (TPSA) is 110 Å². The van der Waals surface area contributed by atoms with Crippen LogP contribution in [0.15, 0.2) is 29.6 Å². The number of carboxylic acid groups (broad SMARTS) is 1. The summed E-state index contributed by atoms with van der Waals surface area (Å²) in [5, 5.41) is 10.7. The molecular weight excluding hydrogens is 292 g/mol. The smallest absolute Gasteiger partial charge is 0.372 e. The van der Waals surface area contributed by atoms with E-state index in [0.717, 1.165) is 5.56 Å². The molecule has 1 heterocycles. The Balaban J connectivity index is 2.04. The molecule has 0 saturated carbocycles. The summed E-state index contributed by atoms with van der Waals surface area (Å²) in [7, 11) is 0. The molecule has 0 radical (unpaired) electrons. The van der Waals surface area contributed by atoms with Crippen LogP contribution < -0.4 is 5.73 Å². The average molecular weight is 304 g/mol. The molecule has 2 rings (SSSR count). The molecule has 21 heavy (non-hydrogen) atoms. The minimum absolute atomic E-state index is 0.125. The highest BCUT2D eigenvalue weighted by Gasteiger charge is 2.19. The number of hydrogen-bond donors (Lipinski definition) is 2. The Kier molecular flexibility index (Phi) is 4.44. The molecule has 2 aromatic rings. The third kappa shape index (κ3) is 3.96. The number of ketones is 2. The van der Waals surface area contributed by atoms with Gasteiger partial charge in [-0.2, -0.15) is 0 Å². The first-order valence-corrected chi connectivity index (χ1v) is 6.92. The summed E-state index contributed by atoms with van der Waals surface area (Å²) in [5.74, 6) is -3.32. The number of carboxylic acids is 1. The Morgan fingerprint density at radius 1 is 1.19 bits per heavy atom. The summed E-state index contributed by atoms with van der Waals surface area (Å²) in [6.07, 6.45) is -0.120. The highest BCUT2D eigenvalue weighted by molar-refractivity contribution is 7.09. The van der Waals surface area contributed by atoms with E-state index in [-0.39, 0.29) is 5.69 Å². The van der Waals surface area contributed by atoms with E-state index in [9.17, 15) is 14.4 Å². The van der Waals surface area contributed by atoms with Crippen molar-refractivity contribution in [2.45, 2.75) is 12.8 Å². The normalized spacial score (nSPS) is 10.3. The van der Waals surface area contributed by atoms with E-state index in [1.807, 2.05) is 12.1 Å². The number of rotatable bonds is 6. The number of anilines is 1. The molecule has 0 saturated heterocycles. The lowest BCUT2D eigenvalue weighted by molar-refractivity contribution is -0.148. The molecule has 108 valence electrons. The van der Waals surface area contributed by atoms with Crippen molar-refractivity contribution >= 4 is 34.6 Å². The zero-order chi connectivity index (χ0) is 15.4. The first kappa shape index (κ1) is 14.9. The number of nitrogens with zero attached hydrogens (tertiary/aromatic N) is 1. The zero-order valence-electron chi connectivity index (χ0n) is 10.9. The van der Waals surface area contributed by atoms with Gasteiger partial charge in [0.15, 0.2) is 5.78 Å². The lowest BCUT2D eigenvalue weighted by atomic mass is 10.1. The second-order valence-corrected chi connectivity index (χ2v) is 5.32. The van der Waals surface area contributed by atoms with E-state index >= 15 is 0 Å². The van der Waals surface area contributed by atoms with Crippen LogP contribution in [0.3, 0.4) is 0 Å². The van der Waals surface area contributed by atoms with Gasteiger partial charge in [0.1, 0.15) is 5.69 Å². The number of aromatic nitrogens is 1. The Bertz CT molecular complexity index is 691. The van der Waals surface area contributed by atoms with E-state index in [2.05, 4.69) is 4.98 Å². The van der Waals surface area contributed by atoms with Crippen molar-refractivity contribution in [3.63, 3.8) is 0 Å². The lowest BCUT2D eigenvalue weighted by Gasteiger charge is -1.98. The maximum absolute atomic E-state index is 11.7. The maximum atomic E-state index is 11.7. The Hall–Kier alpha value is -2.54. The molecule has 0 aliphatic carbocycles. The van der Waals surface area contributed by atoms with E-state index in [4.69, 9.17) is 10.8 Å². The molecule has 0 fully saturated rings. The van der Waals surface area contributed by atoms with Gasteiger partial charge in [-0.15, -0.1) is 11.3 Å². The summed E-state index contributed by atoms with van der Waals surface area (Å²) in [6.45, 7) is 0. The Labute approximate surface area is 124 Å². The monoisotopic (exact) mass is 304 g/mol. The average Bonchev–Trinajstić information content (AvgIpc) is 2.90. The molecule has 0 bridgehead atoms. The molecule has 0 aliphatic rings. The summed E-state index contributed by atoms with van der Waals surface area (Å²) in [6, 6.07) is 7.29. The van der Waals surface area contributed by atoms with Gasteiger partial charge in [0, 0.05) is 17.5 Å². The third-order valence-electron chi connectivity index (χ3n) is 2.73. The molecule has 1 aromatic carbocycles. The van der Waals surface area contributed by atoms with Crippen LogP contribution in [0.25, 0.3) is 0 Å². The standard InChI is InChI=1S/C14H12N2O4S/c15-9-3-1-8(2-4-9)5-13-16-10(7-21-13)11(17)6-12(18)14(19)20/h1-4,7H,5-6,15H2,(H,19,20). The zero-order valence-corrected chi connectivity index (χ0v) is 11.7. The van der Waals surface area contributed by atoms with Gasteiger partial charge < -0.3 is 10.8 Å². The number of aliphatic carboxylic acids is 1. The van der Waals surface area contributed by atoms with Gasteiger partial charge in [-0.05, 0) is 17.7 Å². The number of hydrogen-bond acceptors (Lipinski definition) is 6. The van der Waals surface area contributed by atoms with Crippen LogP contribution in [0.5, 0.6) is 0 Å². The van der Waals surface area contributed by atoms with Crippen LogP contribution >= 0.6 is 11.3 Å². The summed E-state index contributed by atoms with van der Waals surface area (Å²) in [4.78, 5) is 37.3. The van der Waals surface area contributed by atoms with E-state index in [1.165, 1.54) is 16.7 Å². The summed E-state index contributed by atoms with van der Waals surface area (Å²) < 4.78 is 0. The van der Waals surface area contributed by atoms with Gasteiger partial charge in [-0.3, -0.25) is 9.59 Å². The fourth-order valence-corrected chi connectivity index (χ4v) is 2.48. The molecule has 0 atom stereocenters. The number of nitrogens with two attached hydrogens (primary N) is 1. The van der Waals surface area contributed by atoms with Crippen molar-refractivity contribution in [3.05, 3.63) is 45.9 Å². The van der Waals surface area contributed by atoms with Crippen molar-refractivity contribution in [3.8, 4) is 0 Å². The largest absolute Gasteiger partial charge is 0.475 e. The lowest BCUT2D eigenvalue weighted by Crippen LogP contribution is -2.17. The van der Waals surface area contributed by atoms with Crippen molar-refractivity contribution in [2.75, 3.05) is 5.73 Å². The highest BCUT2D eigenvalue weighted by atomic mass is 32.1. The fourth-order valence-electron chi connectivity index (χ4n) is 1.64. The second-order valence-electron chi connectivity index (χ2n) is 4.37. The number of carbonyl (C=O) groups is 3. The predicted molar refractivity (Wildman–Crippen MR) is 77.4 cm³/mol. The van der Waals surface area contributed by atoms with Gasteiger partial charge in [-0.25, -0.2) is 9.78 Å². The number of Topliss-reactive ketones (excluding diaryl/α,β-unsaturated/α-hetero) is 2. The van der Waals surface area contributed by atoms with Gasteiger partial charge in [0.25, 0.3) is 0 Å². The SMILES string of the molecule is Nc1ccc(Cc2nc(C(=O)CC(=O)C(=O)O)cs2)cc1. The first-order chi connectivity index (χ1) is 9.95.